The van der Waals surface area contributed by atoms with Crippen LogP contribution < -0.4 is 15.2 Å². The molecule has 0 radical (unpaired) electrons. The Morgan fingerprint density at radius 3 is 1.47 bits per heavy atom. The second-order valence-electron chi connectivity index (χ2n) is 6.92. The maximum absolute atomic E-state index is 9.80. The van der Waals surface area contributed by atoms with Crippen LogP contribution in [0.5, 0.6) is 34.5 Å². The molecular formula is C25H21NO4. The number of nitrogen functional groups attached to an aromatic ring is 1. The number of phenolic OH excluding ortho intramolecular Hbond substituents is 2. The third-order valence-electron chi connectivity index (χ3n) is 4.70. The molecule has 0 fully saturated rings. The zero-order valence-electron chi connectivity index (χ0n) is 16.4. The number of rotatable bonds is 5. The van der Waals surface area contributed by atoms with Gasteiger partial charge >= 0.3 is 0 Å². The standard InChI is InChI=1S/C25H21NO4/c1-16-2-7-21(14-24(16)27)29-19-8-3-17(4-9-19)18-5-10-20(11-6-18)30-22-12-13-23(26)25(28)15-22/h2-15,27-28H,26H2,1H3. The Kier molecular flexibility index (Phi) is 5.18. The Bertz CT molecular complexity index is 1070. The fourth-order valence-corrected chi connectivity index (χ4v) is 2.94. The molecule has 0 saturated carbocycles. The lowest BCUT2D eigenvalue weighted by Gasteiger charge is -2.10. The van der Waals surface area contributed by atoms with E-state index >= 15 is 0 Å². The summed E-state index contributed by atoms with van der Waals surface area (Å²) in [6, 6.07) is 25.4. The molecule has 0 aliphatic rings. The molecular weight excluding hydrogens is 378 g/mol. The number of hydrogen-bond donors (Lipinski definition) is 3. The Morgan fingerprint density at radius 1 is 0.567 bits per heavy atom. The number of nitrogens with two attached hydrogens (primary N) is 1. The summed E-state index contributed by atoms with van der Waals surface area (Å²) < 4.78 is 11.6. The molecule has 4 aromatic rings. The van der Waals surface area contributed by atoms with E-state index in [0.717, 1.165) is 16.7 Å². The highest BCUT2D eigenvalue weighted by molar-refractivity contribution is 5.65. The van der Waals surface area contributed by atoms with E-state index in [1.165, 1.54) is 6.07 Å². The molecule has 0 heterocycles. The van der Waals surface area contributed by atoms with Crippen molar-refractivity contribution in [3.05, 3.63) is 90.5 Å². The Hall–Kier alpha value is -4.12. The molecule has 0 saturated heterocycles. The van der Waals surface area contributed by atoms with E-state index in [-0.39, 0.29) is 11.5 Å². The van der Waals surface area contributed by atoms with Crippen LogP contribution in [0.4, 0.5) is 5.69 Å². The van der Waals surface area contributed by atoms with Crippen LogP contribution in [0, 0.1) is 6.92 Å². The summed E-state index contributed by atoms with van der Waals surface area (Å²) in [7, 11) is 0. The maximum atomic E-state index is 9.80. The van der Waals surface area contributed by atoms with Gasteiger partial charge in [0.15, 0.2) is 0 Å². The fourth-order valence-electron chi connectivity index (χ4n) is 2.94. The number of aryl methyl sites for hydroxylation is 1. The summed E-state index contributed by atoms with van der Waals surface area (Å²) in [6.45, 7) is 1.84. The monoisotopic (exact) mass is 399 g/mol. The average Bonchev–Trinajstić information content (AvgIpc) is 2.75. The lowest BCUT2D eigenvalue weighted by molar-refractivity contribution is 0.452. The molecule has 0 aliphatic heterocycles. The van der Waals surface area contributed by atoms with Gasteiger partial charge in [0.25, 0.3) is 0 Å². The lowest BCUT2D eigenvalue weighted by atomic mass is 10.1. The molecule has 0 spiro atoms. The van der Waals surface area contributed by atoms with E-state index in [1.54, 1.807) is 18.2 Å². The Balaban J connectivity index is 1.44. The van der Waals surface area contributed by atoms with Crippen LogP contribution in [0.2, 0.25) is 0 Å². The van der Waals surface area contributed by atoms with Crippen LogP contribution >= 0.6 is 0 Å². The van der Waals surface area contributed by atoms with Crippen molar-refractivity contribution in [3.63, 3.8) is 0 Å². The van der Waals surface area contributed by atoms with Crippen LogP contribution in [0.25, 0.3) is 11.1 Å². The first kappa shape index (κ1) is 19.2. The zero-order valence-corrected chi connectivity index (χ0v) is 16.4. The predicted octanol–water partition coefficient (Wildman–Crippen LogP) is 6.24. The van der Waals surface area contributed by atoms with Crippen LogP contribution in [0.15, 0.2) is 84.9 Å². The second-order valence-corrected chi connectivity index (χ2v) is 6.92. The molecule has 150 valence electrons. The van der Waals surface area contributed by atoms with Gasteiger partial charge in [0.1, 0.15) is 34.5 Å². The molecule has 4 N–H and O–H groups in total. The number of anilines is 1. The third kappa shape index (κ3) is 4.31. The van der Waals surface area contributed by atoms with Crippen LogP contribution in [0.3, 0.4) is 0 Å². The molecule has 0 aromatic heterocycles. The minimum atomic E-state index is -0.00715. The first-order valence-electron chi connectivity index (χ1n) is 9.42. The van der Waals surface area contributed by atoms with Crippen molar-refractivity contribution in [2.45, 2.75) is 6.92 Å². The van der Waals surface area contributed by atoms with Crippen molar-refractivity contribution in [1.82, 2.24) is 0 Å². The summed E-state index contributed by atoms with van der Waals surface area (Å²) in [5, 5.41) is 19.5. The van der Waals surface area contributed by atoms with E-state index in [9.17, 15) is 10.2 Å². The van der Waals surface area contributed by atoms with Crippen LogP contribution in [-0.2, 0) is 0 Å². The molecule has 0 bridgehead atoms. The van der Waals surface area contributed by atoms with E-state index in [4.69, 9.17) is 15.2 Å². The molecule has 4 rings (SSSR count). The van der Waals surface area contributed by atoms with Crippen molar-refractivity contribution < 1.29 is 19.7 Å². The predicted molar refractivity (Wildman–Crippen MR) is 117 cm³/mol. The first-order chi connectivity index (χ1) is 14.5. The molecule has 5 heteroatoms. The van der Waals surface area contributed by atoms with Gasteiger partial charge in [-0.25, -0.2) is 0 Å². The minimum Gasteiger partial charge on any atom is -0.508 e. The SMILES string of the molecule is Cc1ccc(Oc2ccc(-c3ccc(Oc4ccc(N)c(O)c4)cc3)cc2)cc1O. The Morgan fingerprint density at radius 2 is 1.00 bits per heavy atom. The van der Waals surface area contributed by atoms with E-state index in [2.05, 4.69) is 0 Å². The van der Waals surface area contributed by atoms with Gasteiger partial charge in [-0.05, 0) is 66.1 Å². The molecule has 30 heavy (non-hydrogen) atoms. The molecule has 0 atom stereocenters. The summed E-state index contributed by atoms with van der Waals surface area (Å²) in [5.74, 6) is 2.64. The van der Waals surface area contributed by atoms with Gasteiger partial charge < -0.3 is 25.4 Å². The summed E-state index contributed by atoms with van der Waals surface area (Å²) in [4.78, 5) is 0. The minimum absolute atomic E-state index is 0.00715. The molecule has 0 amide bonds. The van der Waals surface area contributed by atoms with Crippen molar-refractivity contribution in [2.75, 3.05) is 5.73 Å². The normalized spacial score (nSPS) is 10.6. The largest absolute Gasteiger partial charge is 0.508 e. The average molecular weight is 399 g/mol. The van der Waals surface area contributed by atoms with Gasteiger partial charge in [-0.1, -0.05) is 30.3 Å². The van der Waals surface area contributed by atoms with Gasteiger partial charge in [0, 0.05) is 12.1 Å². The third-order valence-corrected chi connectivity index (χ3v) is 4.70. The van der Waals surface area contributed by atoms with Gasteiger partial charge in [-0.15, -0.1) is 0 Å². The maximum Gasteiger partial charge on any atom is 0.142 e. The number of hydrogen-bond acceptors (Lipinski definition) is 5. The van der Waals surface area contributed by atoms with Crippen molar-refractivity contribution in [3.8, 4) is 45.6 Å². The van der Waals surface area contributed by atoms with E-state index in [1.807, 2.05) is 67.6 Å². The van der Waals surface area contributed by atoms with Gasteiger partial charge in [-0.2, -0.15) is 0 Å². The quantitative estimate of drug-likeness (QED) is 0.273. The summed E-state index contributed by atoms with van der Waals surface area (Å²) in [6.07, 6.45) is 0. The van der Waals surface area contributed by atoms with Crippen LogP contribution in [0.1, 0.15) is 5.56 Å². The lowest BCUT2D eigenvalue weighted by Crippen LogP contribution is -1.88. The van der Waals surface area contributed by atoms with Gasteiger partial charge in [0.2, 0.25) is 0 Å². The van der Waals surface area contributed by atoms with E-state index < -0.39 is 0 Å². The van der Waals surface area contributed by atoms with Crippen molar-refractivity contribution in [1.29, 1.82) is 0 Å². The molecule has 5 nitrogen and oxygen atoms in total. The van der Waals surface area contributed by atoms with Crippen LogP contribution in [-0.4, -0.2) is 10.2 Å². The smallest absolute Gasteiger partial charge is 0.142 e. The van der Waals surface area contributed by atoms with Gasteiger partial charge in [-0.3, -0.25) is 0 Å². The van der Waals surface area contributed by atoms with Crippen molar-refractivity contribution >= 4 is 5.69 Å². The highest BCUT2D eigenvalue weighted by Crippen LogP contribution is 2.32. The summed E-state index contributed by atoms with van der Waals surface area (Å²) in [5.41, 5.74) is 8.78. The summed E-state index contributed by atoms with van der Waals surface area (Å²) >= 11 is 0. The Labute approximate surface area is 174 Å². The number of ether oxygens (including phenoxy) is 2. The molecule has 0 aliphatic carbocycles. The molecule has 0 unspecified atom stereocenters. The number of aromatic hydroxyl groups is 2. The highest BCUT2D eigenvalue weighted by atomic mass is 16.5. The molecule has 4 aromatic carbocycles. The second kappa shape index (κ2) is 8.09. The first-order valence-corrected chi connectivity index (χ1v) is 9.42. The van der Waals surface area contributed by atoms with Crippen molar-refractivity contribution in [2.24, 2.45) is 0 Å². The van der Waals surface area contributed by atoms with Gasteiger partial charge in [0.05, 0.1) is 5.69 Å². The highest BCUT2D eigenvalue weighted by Gasteiger charge is 2.05. The van der Waals surface area contributed by atoms with E-state index in [0.29, 0.717) is 28.7 Å². The number of benzene rings is 4. The topological polar surface area (TPSA) is 84.9 Å². The number of phenols is 2. The fraction of sp³-hybridized carbons (Fsp3) is 0.0400. The zero-order chi connectivity index (χ0) is 21.1.